The molecule has 118 valence electrons. The summed E-state index contributed by atoms with van der Waals surface area (Å²) in [6, 6.07) is 6.53. The molecule has 0 saturated carbocycles. The molecule has 3 N–H and O–H groups in total. The molecule has 2 unspecified atom stereocenters. The molecule has 0 spiro atoms. The van der Waals surface area contributed by atoms with Crippen LogP contribution in [0.15, 0.2) is 24.3 Å². The monoisotopic (exact) mass is 314 g/mol. The number of nitrogens with two attached hydrogens (primary N) is 1. The van der Waals surface area contributed by atoms with Crippen molar-refractivity contribution in [2.24, 2.45) is 5.73 Å². The summed E-state index contributed by atoms with van der Waals surface area (Å²) >= 11 is 0. The molecule has 6 heteroatoms. The Bertz CT molecular complexity index is 470. The van der Waals surface area contributed by atoms with Crippen LogP contribution in [-0.2, 0) is 9.53 Å². The standard InChI is InChI=1S/C15H22N2O3.ClH/c1-2-4-13(16)15(19)17-7-8-20-14(10-17)11-5-3-6-12(18)9-11;/h3,5-6,9,13-14,18H,2,4,7-8,10,16H2,1H3;1H. The van der Waals surface area contributed by atoms with E-state index < -0.39 is 6.04 Å². The zero-order valence-corrected chi connectivity index (χ0v) is 13.0. The van der Waals surface area contributed by atoms with Crippen LogP contribution >= 0.6 is 12.4 Å². The SMILES string of the molecule is CCCC(N)C(=O)N1CCOC(c2cccc(O)c2)C1.Cl. The van der Waals surface area contributed by atoms with Crippen LogP contribution in [0.1, 0.15) is 31.4 Å². The first-order valence-corrected chi connectivity index (χ1v) is 7.06. The fourth-order valence-corrected chi connectivity index (χ4v) is 2.45. The van der Waals surface area contributed by atoms with E-state index in [0.717, 1.165) is 12.0 Å². The third-order valence-electron chi connectivity index (χ3n) is 3.54. The molecule has 1 heterocycles. The Morgan fingerprint density at radius 2 is 2.33 bits per heavy atom. The molecule has 0 bridgehead atoms. The van der Waals surface area contributed by atoms with Gasteiger partial charge in [0.05, 0.1) is 19.2 Å². The lowest BCUT2D eigenvalue weighted by atomic mass is 10.1. The summed E-state index contributed by atoms with van der Waals surface area (Å²) in [6.07, 6.45) is 1.40. The van der Waals surface area contributed by atoms with Crippen molar-refractivity contribution in [3.05, 3.63) is 29.8 Å². The summed E-state index contributed by atoms with van der Waals surface area (Å²) in [5.74, 6) is 0.192. The first kappa shape index (κ1) is 17.8. The predicted molar refractivity (Wildman–Crippen MR) is 83.5 cm³/mol. The fraction of sp³-hybridized carbons (Fsp3) is 0.533. The molecule has 1 aromatic carbocycles. The van der Waals surface area contributed by atoms with E-state index in [9.17, 15) is 9.90 Å². The van der Waals surface area contributed by atoms with E-state index in [1.807, 2.05) is 13.0 Å². The van der Waals surface area contributed by atoms with E-state index in [1.165, 1.54) is 0 Å². The van der Waals surface area contributed by atoms with Gasteiger partial charge in [-0.15, -0.1) is 12.4 Å². The molecular weight excluding hydrogens is 292 g/mol. The second-order valence-electron chi connectivity index (χ2n) is 5.13. The van der Waals surface area contributed by atoms with Crippen LogP contribution < -0.4 is 5.73 Å². The highest BCUT2D eigenvalue weighted by Crippen LogP contribution is 2.25. The summed E-state index contributed by atoms with van der Waals surface area (Å²) in [5, 5.41) is 9.52. The molecule has 2 rings (SSSR count). The molecule has 1 amide bonds. The van der Waals surface area contributed by atoms with Gasteiger partial charge in [-0.25, -0.2) is 0 Å². The molecule has 0 aromatic heterocycles. The maximum absolute atomic E-state index is 12.2. The number of hydrogen-bond donors (Lipinski definition) is 2. The molecule has 1 fully saturated rings. The average molecular weight is 315 g/mol. The van der Waals surface area contributed by atoms with Crippen molar-refractivity contribution in [1.29, 1.82) is 0 Å². The van der Waals surface area contributed by atoms with E-state index in [2.05, 4.69) is 0 Å². The van der Waals surface area contributed by atoms with E-state index in [4.69, 9.17) is 10.5 Å². The Labute approximate surface area is 131 Å². The van der Waals surface area contributed by atoms with E-state index in [1.54, 1.807) is 23.1 Å². The number of nitrogens with zero attached hydrogens (tertiary/aromatic N) is 1. The van der Waals surface area contributed by atoms with Crippen LogP contribution in [0.3, 0.4) is 0 Å². The number of morpholine rings is 1. The van der Waals surface area contributed by atoms with Gasteiger partial charge in [-0.3, -0.25) is 4.79 Å². The van der Waals surface area contributed by atoms with Gasteiger partial charge in [-0.05, 0) is 24.1 Å². The van der Waals surface area contributed by atoms with Crippen LogP contribution in [0.2, 0.25) is 0 Å². The van der Waals surface area contributed by atoms with Crippen molar-refractivity contribution in [3.8, 4) is 5.75 Å². The van der Waals surface area contributed by atoms with Crippen molar-refractivity contribution in [3.63, 3.8) is 0 Å². The van der Waals surface area contributed by atoms with Crippen LogP contribution in [0.25, 0.3) is 0 Å². The Kier molecular flexibility index (Phi) is 6.95. The molecule has 0 radical (unpaired) electrons. The van der Waals surface area contributed by atoms with Gasteiger partial charge in [0.2, 0.25) is 5.91 Å². The number of amides is 1. The van der Waals surface area contributed by atoms with Gasteiger partial charge in [0, 0.05) is 6.54 Å². The van der Waals surface area contributed by atoms with Crippen LogP contribution in [0.5, 0.6) is 5.75 Å². The molecule has 1 aromatic rings. The second kappa shape index (κ2) is 8.22. The first-order valence-electron chi connectivity index (χ1n) is 7.06. The smallest absolute Gasteiger partial charge is 0.239 e. The second-order valence-corrected chi connectivity index (χ2v) is 5.13. The Balaban J connectivity index is 0.00000220. The third-order valence-corrected chi connectivity index (χ3v) is 3.54. The number of carbonyl (C=O) groups is 1. The Hall–Kier alpha value is -1.30. The lowest BCUT2D eigenvalue weighted by Crippen LogP contribution is -2.49. The van der Waals surface area contributed by atoms with Crippen molar-refractivity contribution >= 4 is 18.3 Å². The van der Waals surface area contributed by atoms with Gasteiger partial charge in [0.25, 0.3) is 0 Å². The number of phenolic OH excluding ortho intramolecular Hbond substituents is 1. The molecule has 2 atom stereocenters. The highest BCUT2D eigenvalue weighted by Gasteiger charge is 2.28. The molecule has 1 aliphatic rings. The highest BCUT2D eigenvalue weighted by atomic mass is 35.5. The topological polar surface area (TPSA) is 75.8 Å². The van der Waals surface area contributed by atoms with Crippen LogP contribution in [-0.4, -0.2) is 41.7 Å². The van der Waals surface area contributed by atoms with Crippen molar-refractivity contribution < 1.29 is 14.6 Å². The number of aromatic hydroxyl groups is 1. The minimum absolute atomic E-state index is 0. The molecule has 21 heavy (non-hydrogen) atoms. The van der Waals surface area contributed by atoms with E-state index in [-0.39, 0.29) is 30.2 Å². The number of carbonyl (C=O) groups excluding carboxylic acids is 1. The quantitative estimate of drug-likeness (QED) is 0.889. The van der Waals surface area contributed by atoms with Crippen LogP contribution in [0, 0.1) is 0 Å². The number of rotatable bonds is 4. The summed E-state index contributed by atoms with van der Waals surface area (Å²) in [4.78, 5) is 14.0. The van der Waals surface area contributed by atoms with Gasteiger partial charge in [-0.2, -0.15) is 0 Å². The zero-order valence-electron chi connectivity index (χ0n) is 12.2. The first-order chi connectivity index (χ1) is 9.61. The van der Waals surface area contributed by atoms with E-state index in [0.29, 0.717) is 26.1 Å². The van der Waals surface area contributed by atoms with E-state index >= 15 is 0 Å². The maximum atomic E-state index is 12.2. The number of ether oxygens (including phenoxy) is 1. The van der Waals surface area contributed by atoms with Crippen molar-refractivity contribution in [2.45, 2.75) is 31.9 Å². The van der Waals surface area contributed by atoms with Crippen LogP contribution in [0.4, 0.5) is 0 Å². The molecule has 1 aliphatic heterocycles. The Morgan fingerprint density at radius 3 is 3.00 bits per heavy atom. The largest absolute Gasteiger partial charge is 0.508 e. The number of hydrogen-bond acceptors (Lipinski definition) is 4. The third kappa shape index (κ3) is 4.59. The fourth-order valence-electron chi connectivity index (χ4n) is 2.45. The summed E-state index contributed by atoms with van der Waals surface area (Å²) in [7, 11) is 0. The van der Waals surface area contributed by atoms with Gasteiger partial charge in [0.15, 0.2) is 0 Å². The molecule has 1 saturated heterocycles. The molecule has 0 aliphatic carbocycles. The minimum Gasteiger partial charge on any atom is -0.508 e. The summed E-state index contributed by atoms with van der Waals surface area (Å²) in [6.45, 7) is 3.57. The van der Waals surface area contributed by atoms with Gasteiger partial charge in [0.1, 0.15) is 11.9 Å². The Morgan fingerprint density at radius 1 is 1.57 bits per heavy atom. The maximum Gasteiger partial charge on any atom is 0.239 e. The normalized spacial score (nSPS) is 19.7. The average Bonchev–Trinajstić information content (AvgIpc) is 2.47. The predicted octanol–water partition coefficient (Wildman–Crippen LogP) is 1.84. The van der Waals surface area contributed by atoms with Gasteiger partial charge >= 0.3 is 0 Å². The van der Waals surface area contributed by atoms with Crippen molar-refractivity contribution in [1.82, 2.24) is 4.90 Å². The van der Waals surface area contributed by atoms with Gasteiger partial charge < -0.3 is 20.5 Å². The number of benzene rings is 1. The summed E-state index contributed by atoms with van der Waals surface area (Å²) in [5.41, 5.74) is 6.78. The molecule has 5 nitrogen and oxygen atoms in total. The lowest BCUT2D eigenvalue weighted by Gasteiger charge is -2.34. The zero-order chi connectivity index (χ0) is 14.5. The summed E-state index contributed by atoms with van der Waals surface area (Å²) < 4.78 is 5.69. The van der Waals surface area contributed by atoms with Crippen molar-refractivity contribution in [2.75, 3.05) is 19.7 Å². The lowest BCUT2D eigenvalue weighted by molar-refractivity contribution is -0.140. The molecular formula is C15H23ClN2O3. The number of halogens is 1. The van der Waals surface area contributed by atoms with Gasteiger partial charge in [-0.1, -0.05) is 25.5 Å². The highest BCUT2D eigenvalue weighted by molar-refractivity contribution is 5.85. The minimum atomic E-state index is -0.428. The number of phenols is 1.